The van der Waals surface area contributed by atoms with E-state index in [-0.39, 0.29) is 0 Å². The van der Waals surface area contributed by atoms with Crippen LogP contribution in [0.15, 0.2) is 78.9 Å². The zero-order valence-corrected chi connectivity index (χ0v) is 15.6. The lowest BCUT2D eigenvalue weighted by Gasteiger charge is -2.34. The molecule has 0 radical (unpaired) electrons. The molecule has 1 aliphatic rings. The van der Waals surface area contributed by atoms with Gasteiger partial charge in [0, 0.05) is 5.92 Å². The van der Waals surface area contributed by atoms with Crippen molar-refractivity contribution in [2.75, 3.05) is 13.1 Å². The van der Waals surface area contributed by atoms with E-state index in [1.165, 1.54) is 22.3 Å². The summed E-state index contributed by atoms with van der Waals surface area (Å²) in [6.45, 7) is 2.02. The zero-order chi connectivity index (χ0) is 18.5. The summed E-state index contributed by atoms with van der Waals surface area (Å²) >= 11 is 0. The average molecular weight is 357 g/mol. The molecule has 0 aliphatic heterocycles. The van der Waals surface area contributed by atoms with E-state index in [1.54, 1.807) is 0 Å². The van der Waals surface area contributed by atoms with E-state index < -0.39 is 0 Å². The molecule has 0 amide bonds. The fourth-order valence-electron chi connectivity index (χ4n) is 4.37. The molecule has 0 unspecified atom stereocenters. The van der Waals surface area contributed by atoms with Crippen LogP contribution in [0, 0.1) is 5.92 Å². The highest BCUT2D eigenvalue weighted by atomic mass is 16.3. The first-order valence-corrected chi connectivity index (χ1v) is 9.92. The number of hydrogen-bond acceptors (Lipinski definition) is 2. The van der Waals surface area contributed by atoms with Crippen molar-refractivity contribution in [3.8, 4) is 5.75 Å². The van der Waals surface area contributed by atoms with Gasteiger partial charge >= 0.3 is 0 Å². The van der Waals surface area contributed by atoms with Gasteiger partial charge in [-0.25, -0.2) is 0 Å². The van der Waals surface area contributed by atoms with Crippen molar-refractivity contribution < 1.29 is 5.11 Å². The Hall–Kier alpha value is -2.58. The Bertz CT molecular complexity index is 860. The fraction of sp³-hybridized carbons (Fsp3) is 0.280. The molecule has 3 aromatic rings. The van der Waals surface area contributed by atoms with Crippen LogP contribution >= 0.6 is 0 Å². The molecule has 27 heavy (non-hydrogen) atoms. The number of benzene rings is 3. The predicted octanol–water partition coefficient (Wildman–Crippen LogP) is 4.92. The Morgan fingerprint density at radius 2 is 1.63 bits per heavy atom. The number of rotatable bonds is 6. The van der Waals surface area contributed by atoms with Gasteiger partial charge in [0.1, 0.15) is 5.75 Å². The van der Waals surface area contributed by atoms with Crippen LogP contribution in [-0.4, -0.2) is 18.2 Å². The number of fused-ring (bicyclic) bond motifs is 1. The summed E-state index contributed by atoms with van der Waals surface area (Å²) in [4.78, 5) is 0. The lowest BCUT2D eigenvalue weighted by molar-refractivity contribution is 0.383. The van der Waals surface area contributed by atoms with Crippen molar-refractivity contribution in [3.63, 3.8) is 0 Å². The van der Waals surface area contributed by atoms with E-state index in [0.717, 1.165) is 32.4 Å². The monoisotopic (exact) mass is 357 g/mol. The molecule has 1 aliphatic carbocycles. The van der Waals surface area contributed by atoms with Crippen molar-refractivity contribution >= 4 is 0 Å². The maximum Gasteiger partial charge on any atom is 0.115 e. The van der Waals surface area contributed by atoms with Crippen LogP contribution in [-0.2, 0) is 12.8 Å². The van der Waals surface area contributed by atoms with Gasteiger partial charge in [-0.3, -0.25) is 0 Å². The highest BCUT2D eigenvalue weighted by molar-refractivity contribution is 5.44. The minimum atomic E-state index is 0.375. The first-order chi connectivity index (χ1) is 13.3. The Morgan fingerprint density at radius 3 is 2.41 bits per heavy atom. The van der Waals surface area contributed by atoms with E-state index in [1.807, 2.05) is 12.1 Å². The minimum Gasteiger partial charge on any atom is -0.508 e. The van der Waals surface area contributed by atoms with E-state index in [2.05, 4.69) is 72.0 Å². The largest absolute Gasteiger partial charge is 0.508 e. The second-order valence-corrected chi connectivity index (χ2v) is 7.51. The van der Waals surface area contributed by atoms with E-state index in [0.29, 0.717) is 17.6 Å². The van der Waals surface area contributed by atoms with Crippen molar-refractivity contribution in [2.45, 2.75) is 25.2 Å². The lowest BCUT2D eigenvalue weighted by Crippen LogP contribution is -2.32. The second kappa shape index (κ2) is 8.41. The lowest BCUT2D eigenvalue weighted by atomic mass is 9.71. The van der Waals surface area contributed by atoms with Crippen molar-refractivity contribution in [2.24, 2.45) is 5.92 Å². The van der Waals surface area contributed by atoms with Crippen LogP contribution in [0.3, 0.4) is 0 Å². The Balaban J connectivity index is 1.48. The summed E-state index contributed by atoms with van der Waals surface area (Å²) in [6.07, 6.45) is 3.25. The van der Waals surface area contributed by atoms with Gasteiger partial charge in [-0.05, 0) is 72.7 Å². The summed E-state index contributed by atoms with van der Waals surface area (Å²) in [5.74, 6) is 1.33. The van der Waals surface area contributed by atoms with E-state index in [4.69, 9.17) is 0 Å². The highest BCUT2D eigenvalue weighted by Crippen LogP contribution is 2.41. The van der Waals surface area contributed by atoms with Crippen LogP contribution in [0.5, 0.6) is 5.75 Å². The van der Waals surface area contributed by atoms with Crippen LogP contribution in [0.4, 0.5) is 0 Å². The van der Waals surface area contributed by atoms with Gasteiger partial charge in [-0.2, -0.15) is 0 Å². The smallest absolute Gasteiger partial charge is 0.115 e. The van der Waals surface area contributed by atoms with Crippen LogP contribution < -0.4 is 5.32 Å². The number of hydrogen-bond donors (Lipinski definition) is 2. The van der Waals surface area contributed by atoms with Gasteiger partial charge in [0.05, 0.1) is 0 Å². The number of nitrogens with one attached hydrogen (secondary N) is 1. The first kappa shape index (κ1) is 17.8. The number of phenolic OH excluding ortho intramolecular Hbond substituents is 1. The molecule has 2 nitrogen and oxygen atoms in total. The average Bonchev–Trinajstić information content (AvgIpc) is 2.72. The molecule has 2 atom stereocenters. The number of aromatic hydroxyl groups is 1. The van der Waals surface area contributed by atoms with Crippen molar-refractivity contribution in [3.05, 3.63) is 101 Å². The molecule has 0 saturated heterocycles. The molecule has 0 spiro atoms. The number of phenols is 1. The molecule has 4 rings (SSSR count). The zero-order valence-electron chi connectivity index (χ0n) is 15.6. The fourth-order valence-corrected chi connectivity index (χ4v) is 4.37. The van der Waals surface area contributed by atoms with Crippen molar-refractivity contribution in [1.29, 1.82) is 0 Å². The normalized spacial score (nSPS) is 18.8. The van der Waals surface area contributed by atoms with Gasteiger partial charge in [0.25, 0.3) is 0 Å². The molecular formula is C25H27NO. The van der Waals surface area contributed by atoms with E-state index in [9.17, 15) is 5.11 Å². The summed E-state index contributed by atoms with van der Waals surface area (Å²) < 4.78 is 0. The molecule has 138 valence electrons. The van der Waals surface area contributed by atoms with Gasteiger partial charge in [0.2, 0.25) is 0 Å². The third-order valence-electron chi connectivity index (χ3n) is 5.72. The summed E-state index contributed by atoms with van der Waals surface area (Å²) in [7, 11) is 0. The predicted molar refractivity (Wildman–Crippen MR) is 111 cm³/mol. The van der Waals surface area contributed by atoms with E-state index >= 15 is 0 Å². The van der Waals surface area contributed by atoms with Gasteiger partial charge in [-0.1, -0.05) is 66.7 Å². The number of aryl methyl sites for hydroxylation is 1. The van der Waals surface area contributed by atoms with Gasteiger partial charge < -0.3 is 10.4 Å². The first-order valence-electron chi connectivity index (χ1n) is 9.92. The standard InChI is InChI=1S/C25H27NO/c27-23-13-14-24-21(17-23)11-12-22(25(24)20-9-5-2-6-10-20)18-26-16-15-19-7-3-1-4-8-19/h1-10,13-14,17,22,25-27H,11-12,15-16,18H2/t22-,25+/m0/s1. The maximum atomic E-state index is 9.88. The molecule has 3 aromatic carbocycles. The molecule has 0 aromatic heterocycles. The quantitative estimate of drug-likeness (QED) is 0.614. The molecule has 2 heteroatoms. The minimum absolute atomic E-state index is 0.375. The summed E-state index contributed by atoms with van der Waals surface area (Å²) in [5.41, 5.74) is 5.43. The third-order valence-corrected chi connectivity index (χ3v) is 5.72. The Morgan fingerprint density at radius 1 is 0.889 bits per heavy atom. The van der Waals surface area contributed by atoms with Crippen LogP contribution in [0.2, 0.25) is 0 Å². The summed E-state index contributed by atoms with van der Waals surface area (Å²) in [6, 6.07) is 27.4. The third kappa shape index (κ3) is 4.23. The SMILES string of the molecule is Oc1ccc2c(c1)CC[C@@H](CNCCc1ccccc1)[C@H]2c1ccccc1. The molecule has 0 heterocycles. The van der Waals surface area contributed by atoms with Crippen LogP contribution in [0.25, 0.3) is 0 Å². The maximum absolute atomic E-state index is 9.88. The Kier molecular flexibility index (Phi) is 5.55. The van der Waals surface area contributed by atoms with Gasteiger partial charge in [-0.15, -0.1) is 0 Å². The summed E-state index contributed by atoms with van der Waals surface area (Å²) in [5, 5.41) is 13.6. The Labute approximate surface area is 161 Å². The highest BCUT2D eigenvalue weighted by Gasteiger charge is 2.30. The molecule has 2 N–H and O–H groups in total. The van der Waals surface area contributed by atoms with Crippen LogP contribution in [0.1, 0.15) is 34.6 Å². The second-order valence-electron chi connectivity index (χ2n) is 7.51. The topological polar surface area (TPSA) is 32.3 Å². The van der Waals surface area contributed by atoms with Gasteiger partial charge in [0.15, 0.2) is 0 Å². The molecule has 0 saturated carbocycles. The molecule has 0 bridgehead atoms. The molecular weight excluding hydrogens is 330 g/mol. The van der Waals surface area contributed by atoms with Crippen molar-refractivity contribution in [1.82, 2.24) is 5.32 Å². The molecule has 0 fully saturated rings.